The lowest BCUT2D eigenvalue weighted by molar-refractivity contribution is 1.17. The molecule has 2 rings (SSSR count). The molecule has 0 saturated carbocycles. The molecular weight excluding hydrogens is 226 g/mol. The summed E-state index contributed by atoms with van der Waals surface area (Å²) in [6, 6.07) is 5.31. The highest BCUT2D eigenvalue weighted by Crippen LogP contribution is 2.24. The van der Waals surface area contributed by atoms with Crippen LogP contribution in [0.4, 0.5) is 11.6 Å². The zero-order valence-corrected chi connectivity index (χ0v) is 9.36. The highest BCUT2D eigenvalue weighted by molar-refractivity contribution is 6.29. The van der Waals surface area contributed by atoms with Crippen molar-refractivity contribution in [2.75, 3.05) is 18.1 Å². The third-order valence-electron chi connectivity index (χ3n) is 2.09. The minimum Gasteiger partial charge on any atom is -0.383 e. The van der Waals surface area contributed by atoms with Gasteiger partial charge in [-0.1, -0.05) is 11.6 Å². The fourth-order valence-corrected chi connectivity index (χ4v) is 1.46. The fourth-order valence-electron chi connectivity index (χ4n) is 1.31. The van der Waals surface area contributed by atoms with Crippen LogP contribution >= 0.6 is 11.6 Å². The molecule has 2 aromatic heterocycles. The van der Waals surface area contributed by atoms with Crippen LogP contribution < -0.4 is 11.1 Å². The molecule has 2 aromatic rings. The van der Waals surface area contributed by atoms with Crippen molar-refractivity contribution in [3.8, 4) is 11.3 Å². The molecule has 5 nitrogen and oxygen atoms in total. The first kappa shape index (κ1) is 10.6. The number of hydrogen-bond donors (Lipinski definition) is 2. The summed E-state index contributed by atoms with van der Waals surface area (Å²) >= 11 is 5.78. The number of hydrogen-bond acceptors (Lipinski definition) is 5. The first-order valence-electron chi connectivity index (χ1n) is 4.63. The van der Waals surface area contributed by atoms with Crippen molar-refractivity contribution in [2.24, 2.45) is 0 Å². The molecule has 0 aliphatic heterocycles. The van der Waals surface area contributed by atoms with E-state index >= 15 is 0 Å². The van der Waals surface area contributed by atoms with Gasteiger partial charge in [0.15, 0.2) is 0 Å². The Labute approximate surface area is 97.7 Å². The van der Waals surface area contributed by atoms with E-state index < -0.39 is 0 Å². The summed E-state index contributed by atoms with van der Waals surface area (Å²) in [7, 11) is 1.78. The van der Waals surface area contributed by atoms with Crippen LogP contribution in [0.5, 0.6) is 0 Å². The zero-order chi connectivity index (χ0) is 11.5. The summed E-state index contributed by atoms with van der Waals surface area (Å²) in [5.74, 6) is 1.11. The number of rotatable bonds is 2. The van der Waals surface area contributed by atoms with Gasteiger partial charge in [-0.2, -0.15) is 0 Å². The molecule has 0 aromatic carbocycles. The predicted octanol–water partition coefficient (Wildman–Crippen LogP) is 1.82. The highest BCUT2D eigenvalue weighted by Gasteiger charge is 2.06. The van der Waals surface area contributed by atoms with Gasteiger partial charge in [0.25, 0.3) is 0 Å². The molecule has 3 N–H and O–H groups in total. The lowest BCUT2D eigenvalue weighted by Crippen LogP contribution is -1.99. The zero-order valence-electron chi connectivity index (χ0n) is 8.61. The van der Waals surface area contributed by atoms with E-state index in [1.165, 1.54) is 6.33 Å². The number of nitrogens with one attached hydrogen (secondary N) is 1. The minimum atomic E-state index is 0.377. The van der Waals surface area contributed by atoms with Gasteiger partial charge >= 0.3 is 0 Å². The lowest BCUT2D eigenvalue weighted by atomic mass is 10.2. The molecule has 0 amide bonds. The maximum atomic E-state index is 5.82. The van der Waals surface area contributed by atoms with E-state index in [9.17, 15) is 0 Å². The van der Waals surface area contributed by atoms with Gasteiger partial charge in [-0.05, 0) is 12.1 Å². The number of nitrogens with zero attached hydrogens (tertiary/aromatic N) is 3. The quantitative estimate of drug-likeness (QED) is 0.777. The molecule has 2 heterocycles. The van der Waals surface area contributed by atoms with Gasteiger partial charge in [0.2, 0.25) is 0 Å². The van der Waals surface area contributed by atoms with Crippen LogP contribution in [0.3, 0.4) is 0 Å². The second-order valence-corrected chi connectivity index (χ2v) is 3.49. The van der Waals surface area contributed by atoms with E-state index in [1.807, 2.05) is 12.1 Å². The van der Waals surface area contributed by atoms with E-state index in [4.69, 9.17) is 17.3 Å². The highest BCUT2D eigenvalue weighted by atomic mass is 35.5. The molecule has 0 radical (unpaired) electrons. The molecule has 0 fully saturated rings. The van der Waals surface area contributed by atoms with Gasteiger partial charge in [0, 0.05) is 18.7 Å². The Balaban J connectivity index is 2.48. The molecular formula is C10H10ClN5. The van der Waals surface area contributed by atoms with E-state index in [1.54, 1.807) is 13.1 Å². The van der Waals surface area contributed by atoms with Crippen LogP contribution in [-0.2, 0) is 0 Å². The van der Waals surface area contributed by atoms with Crippen molar-refractivity contribution in [3.05, 3.63) is 29.7 Å². The van der Waals surface area contributed by atoms with E-state index in [0.717, 1.165) is 5.56 Å². The van der Waals surface area contributed by atoms with Crippen LogP contribution in [-0.4, -0.2) is 22.0 Å². The summed E-state index contributed by atoms with van der Waals surface area (Å²) in [6.45, 7) is 0. The number of pyridine rings is 1. The SMILES string of the molecule is CNc1ccc(-c2cc(Cl)ncn2)c(N)n1. The Morgan fingerprint density at radius 2 is 2.12 bits per heavy atom. The third kappa shape index (κ3) is 2.04. The van der Waals surface area contributed by atoms with Crippen molar-refractivity contribution >= 4 is 23.2 Å². The van der Waals surface area contributed by atoms with Gasteiger partial charge < -0.3 is 11.1 Å². The number of anilines is 2. The summed E-state index contributed by atoms with van der Waals surface area (Å²) in [6.07, 6.45) is 1.39. The molecule has 0 saturated heterocycles. The Hall–Kier alpha value is -1.88. The normalized spacial score (nSPS) is 10.1. The first-order valence-corrected chi connectivity index (χ1v) is 5.00. The van der Waals surface area contributed by atoms with Crippen LogP contribution in [0.15, 0.2) is 24.5 Å². The smallest absolute Gasteiger partial charge is 0.135 e. The molecule has 0 atom stereocenters. The Morgan fingerprint density at radius 1 is 1.31 bits per heavy atom. The van der Waals surface area contributed by atoms with Gasteiger partial charge in [0.1, 0.15) is 23.1 Å². The summed E-state index contributed by atoms with van der Waals surface area (Å²) in [5.41, 5.74) is 7.22. The standard InChI is InChI=1S/C10H10ClN5/c1-13-9-3-2-6(10(12)16-9)7-4-8(11)15-5-14-7/h2-5H,1H3,(H3,12,13,16). The van der Waals surface area contributed by atoms with Crippen LogP contribution in [0.25, 0.3) is 11.3 Å². The second-order valence-electron chi connectivity index (χ2n) is 3.11. The second kappa shape index (κ2) is 4.32. The molecule has 0 aliphatic carbocycles. The summed E-state index contributed by atoms with van der Waals surface area (Å²) in [4.78, 5) is 12.1. The summed E-state index contributed by atoms with van der Waals surface area (Å²) in [5, 5.41) is 3.28. The molecule has 0 spiro atoms. The number of nitrogens with two attached hydrogens (primary N) is 1. The first-order chi connectivity index (χ1) is 7.70. The minimum absolute atomic E-state index is 0.377. The maximum absolute atomic E-state index is 5.82. The molecule has 6 heteroatoms. The van der Waals surface area contributed by atoms with E-state index in [2.05, 4.69) is 20.3 Å². The average Bonchev–Trinajstić information content (AvgIpc) is 2.28. The van der Waals surface area contributed by atoms with Crippen molar-refractivity contribution in [1.82, 2.24) is 15.0 Å². The van der Waals surface area contributed by atoms with Crippen molar-refractivity contribution in [3.63, 3.8) is 0 Å². The average molecular weight is 236 g/mol. The van der Waals surface area contributed by atoms with E-state index in [-0.39, 0.29) is 0 Å². The van der Waals surface area contributed by atoms with Crippen molar-refractivity contribution in [1.29, 1.82) is 0 Å². The Bertz CT molecular complexity index is 514. The van der Waals surface area contributed by atoms with Gasteiger partial charge in [-0.25, -0.2) is 15.0 Å². The fraction of sp³-hybridized carbons (Fsp3) is 0.100. The van der Waals surface area contributed by atoms with Crippen LogP contribution in [0.2, 0.25) is 5.15 Å². The molecule has 16 heavy (non-hydrogen) atoms. The number of aromatic nitrogens is 3. The third-order valence-corrected chi connectivity index (χ3v) is 2.30. The molecule has 0 aliphatic rings. The monoisotopic (exact) mass is 235 g/mol. The van der Waals surface area contributed by atoms with Crippen molar-refractivity contribution in [2.45, 2.75) is 0 Å². The maximum Gasteiger partial charge on any atom is 0.135 e. The number of nitrogen functional groups attached to an aromatic ring is 1. The van der Waals surface area contributed by atoms with Crippen LogP contribution in [0, 0.1) is 0 Å². The Morgan fingerprint density at radius 3 is 2.75 bits per heavy atom. The van der Waals surface area contributed by atoms with Crippen LogP contribution in [0.1, 0.15) is 0 Å². The topological polar surface area (TPSA) is 76.7 Å². The molecule has 0 unspecified atom stereocenters. The largest absolute Gasteiger partial charge is 0.383 e. The van der Waals surface area contributed by atoms with Gasteiger partial charge in [-0.3, -0.25) is 0 Å². The molecule has 0 bridgehead atoms. The predicted molar refractivity (Wildman–Crippen MR) is 64.2 cm³/mol. The van der Waals surface area contributed by atoms with Gasteiger partial charge in [0.05, 0.1) is 5.69 Å². The van der Waals surface area contributed by atoms with Crippen molar-refractivity contribution < 1.29 is 0 Å². The molecule has 82 valence electrons. The summed E-state index contributed by atoms with van der Waals surface area (Å²) < 4.78 is 0. The van der Waals surface area contributed by atoms with E-state index in [0.29, 0.717) is 22.5 Å². The van der Waals surface area contributed by atoms with Gasteiger partial charge in [-0.15, -0.1) is 0 Å². The number of halogens is 1. The lowest BCUT2D eigenvalue weighted by Gasteiger charge is -2.06. The Kier molecular flexibility index (Phi) is 2.87.